The van der Waals surface area contributed by atoms with Crippen molar-refractivity contribution in [3.8, 4) is 28.8 Å². The number of amides is 5. The van der Waals surface area contributed by atoms with Crippen LogP contribution in [0.4, 0.5) is 4.79 Å². The number of carbonyl (C=O) groups is 4. The van der Waals surface area contributed by atoms with Gasteiger partial charge in [-0.25, -0.2) is 23.2 Å². The molecule has 0 bridgehead atoms. The number of allylic oxidation sites excluding steroid dienone is 1. The van der Waals surface area contributed by atoms with Gasteiger partial charge in [0.05, 0.1) is 30.7 Å². The number of benzene rings is 1. The van der Waals surface area contributed by atoms with Gasteiger partial charge >= 0.3 is 6.03 Å². The molecule has 2 aromatic heterocycles. The van der Waals surface area contributed by atoms with Crippen LogP contribution in [0.2, 0.25) is 0 Å². The number of urea groups is 1. The van der Waals surface area contributed by atoms with Crippen molar-refractivity contribution in [1.82, 2.24) is 35.5 Å². The first-order valence-corrected chi connectivity index (χ1v) is 23.5. The topological polar surface area (TPSA) is 207 Å². The molecular weight excluding hydrogens is 827 g/mol. The van der Waals surface area contributed by atoms with Gasteiger partial charge in [0.2, 0.25) is 33.6 Å². The molecule has 4 N–H and O–H groups in total. The second-order valence-electron chi connectivity index (χ2n) is 19.0. The van der Waals surface area contributed by atoms with Crippen LogP contribution in [-0.4, -0.2) is 101 Å². The second-order valence-corrected chi connectivity index (χ2v) is 21.0. The fourth-order valence-corrected chi connectivity index (χ4v) is 9.95. The first-order chi connectivity index (χ1) is 29.7. The maximum Gasteiger partial charge on any atom is 0.315 e. The Morgan fingerprint density at radius 1 is 1.03 bits per heavy atom. The normalized spacial score (nSPS) is 26.7. The number of carbonyl (C=O) groups excluding carboxylic acids is 4. The molecule has 0 radical (unpaired) electrons. The highest BCUT2D eigenvalue weighted by atomic mass is 32.2. The Kier molecular flexibility index (Phi) is 13.0. The van der Waals surface area contributed by atoms with Crippen LogP contribution in [0.5, 0.6) is 17.5 Å². The van der Waals surface area contributed by atoms with Crippen LogP contribution in [0, 0.1) is 17.8 Å². The molecule has 2 saturated carbocycles. The summed E-state index contributed by atoms with van der Waals surface area (Å²) >= 11 is 0. The number of nitrogens with one attached hydrogen (secondary N) is 4. The molecule has 63 heavy (non-hydrogen) atoms. The number of aromatic nitrogens is 2. The first kappa shape index (κ1) is 45.6. The monoisotopic (exact) mass is 887 g/mol. The van der Waals surface area contributed by atoms with Gasteiger partial charge in [0.1, 0.15) is 29.5 Å². The van der Waals surface area contributed by atoms with E-state index in [1.807, 2.05) is 78.0 Å². The second kappa shape index (κ2) is 18.0. The summed E-state index contributed by atoms with van der Waals surface area (Å²) in [5.74, 6) is -1.22. The van der Waals surface area contributed by atoms with Gasteiger partial charge in [-0.2, -0.15) is 0 Å². The summed E-state index contributed by atoms with van der Waals surface area (Å²) in [6.07, 6.45) is 7.84. The van der Waals surface area contributed by atoms with Gasteiger partial charge in [0, 0.05) is 41.1 Å². The first-order valence-electron chi connectivity index (χ1n) is 22.0. The zero-order valence-corrected chi connectivity index (χ0v) is 38.2. The van der Waals surface area contributed by atoms with E-state index in [-0.39, 0.29) is 43.2 Å². The third kappa shape index (κ3) is 10.7. The van der Waals surface area contributed by atoms with E-state index in [2.05, 4.69) is 32.6 Å². The molecule has 5 amide bonds. The van der Waals surface area contributed by atoms with Gasteiger partial charge in [-0.1, -0.05) is 26.0 Å². The Morgan fingerprint density at radius 2 is 1.79 bits per heavy atom. The molecule has 3 aromatic rings. The summed E-state index contributed by atoms with van der Waals surface area (Å²) in [4.78, 5) is 68.1. The molecule has 1 aromatic carbocycles. The lowest BCUT2D eigenvalue weighted by Gasteiger charge is -2.33. The van der Waals surface area contributed by atoms with E-state index >= 15 is 4.79 Å². The van der Waals surface area contributed by atoms with Crippen molar-refractivity contribution in [1.29, 1.82) is 0 Å². The lowest BCUT2D eigenvalue weighted by Crippen LogP contribution is -2.60. The Hall–Kier alpha value is -5.45. The lowest BCUT2D eigenvalue weighted by atomic mass is 9.88. The average molecular weight is 888 g/mol. The molecule has 2 aliphatic heterocycles. The van der Waals surface area contributed by atoms with Crippen LogP contribution in [0.15, 0.2) is 54.7 Å². The minimum atomic E-state index is -3.93. The molecule has 7 atom stereocenters. The number of hydrogen-bond donors (Lipinski definition) is 4. The molecule has 17 heteroatoms. The minimum absolute atomic E-state index is 0.00813. The number of rotatable bonds is 10. The standard InChI is InChI=1S/C46H61N7O9S/c1-26(2)61-38-18-13-29(24-47-38)36-21-30-20-32(60-8)14-17-35(30)41(48-36)62-33-22-37-40(54)50-46(43(56)52-63(58,59)34-15-16-34)23-31(46)12-10-9-11-27(3)19-28(4)39(42(55)53(37)25-33)49-44(57)51-45(5,6)7/h10,12-14,17-18,20-21,24,26-28,31,33-34,37,39H,9,11,15-16,19,22-23,25H2,1-8H3,(H,50,54)(H,52,56)(H2,49,51,57). The zero-order chi connectivity index (χ0) is 45.4. The van der Waals surface area contributed by atoms with Gasteiger partial charge in [0.15, 0.2) is 0 Å². The van der Waals surface area contributed by atoms with Gasteiger partial charge < -0.3 is 35.1 Å². The van der Waals surface area contributed by atoms with E-state index in [0.29, 0.717) is 54.0 Å². The fourth-order valence-electron chi connectivity index (χ4n) is 8.59. The van der Waals surface area contributed by atoms with E-state index < -0.39 is 74.2 Å². The molecular formula is C46H61N7O9S. The molecule has 4 heterocycles. The van der Waals surface area contributed by atoms with Crippen molar-refractivity contribution in [2.24, 2.45) is 17.8 Å². The largest absolute Gasteiger partial charge is 0.497 e. The average Bonchev–Trinajstić information content (AvgIpc) is 4.14. The summed E-state index contributed by atoms with van der Waals surface area (Å²) in [7, 11) is -2.35. The van der Waals surface area contributed by atoms with Crippen LogP contribution in [-0.2, 0) is 24.4 Å². The zero-order valence-electron chi connectivity index (χ0n) is 37.4. The van der Waals surface area contributed by atoms with Gasteiger partial charge in [-0.05, 0) is 121 Å². The predicted molar refractivity (Wildman–Crippen MR) is 237 cm³/mol. The number of hydrogen-bond acceptors (Lipinski definition) is 11. The van der Waals surface area contributed by atoms with Crippen molar-refractivity contribution in [3.05, 3.63) is 54.7 Å². The third-order valence-corrected chi connectivity index (χ3v) is 13.9. The Labute approximate surface area is 369 Å². The molecule has 4 aliphatic rings. The molecule has 0 spiro atoms. The van der Waals surface area contributed by atoms with Crippen LogP contribution in [0.25, 0.3) is 22.0 Å². The molecule has 2 aliphatic carbocycles. The van der Waals surface area contributed by atoms with E-state index in [9.17, 15) is 22.8 Å². The van der Waals surface area contributed by atoms with Gasteiger partial charge in [-0.15, -0.1) is 0 Å². The quantitative estimate of drug-likeness (QED) is 0.190. The highest BCUT2D eigenvalue weighted by Gasteiger charge is 2.62. The molecule has 7 unspecified atom stereocenters. The Morgan fingerprint density at radius 3 is 2.46 bits per heavy atom. The van der Waals surface area contributed by atoms with Crippen molar-refractivity contribution >= 4 is 44.5 Å². The lowest BCUT2D eigenvalue weighted by molar-refractivity contribution is -0.142. The number of ether oxygens (including phenoxy) is 3. The van der Waals surface area contributed by atoms with Crippen molar-refractivity contribution < 1.29 is 41.8 Å². The Balaban J connectivity index is 1.25. The summed E-state index contributed by atoms with van der Waals surface area (Å²) < 4.78 is 46.3. The smallest absolute Gasteiger partial charge is 0.315 e. The number of sulfonamides is 1. The van der Waals surface area contributed by atoms with Crippen LogP contribution >= 0.6 is 0 Å². The van der Waals surface area contributed by atoms with Gasteiger partial charge in [0.25, 0.3) is 5.91 Å². The van der Waals surface area contributed by atoms with E-state index in [1.54, 1.807) is 25.4 Å². The summed E-state index contributed by atoms with van der Waals surface area (Å²) in [5, 5.41) is 9.55. The summed E-state index contributed by atoms with van der Waals surface area (Å²) in [5.41, 5.74) is -0.890. The molecule has 3 fully saturated rings. The molecule has 1 saturated heterocycles. The molecule has 340 valence electrons. The highest BCUT2D eigenvalue weighted by Crippen LogP contribution is 2.46. The van der Waals surface area contributed by atoms with Crippen LogP contribution in [0.3, 0.4) is 0 Å². The minimum Gasteiger partial charge on any atom is -0.497 e. The summed E-state index contributed by atoms with van der Waals surface area (Å²) in [6.45, 7) is 13.3. The van der Waals surface area contributed by atoms with E-state index in [1.165, 1.54) is 4.90 Å². The highest BCUT2D eigenvalue weighted by molar-refractivity contribution is 7.91. The van der Waals surface area contributed by atoms with Crippen molar-refractivity contribution in [2.45, 2.75) is 134 Å². The molecule has 16 nitrogen and oxygen atoms in total. The summed E-state index contributed by atoms with van der Waals surface area (Å²) in [6, 6.07) is 8.30. The van der Waals surface area contributed by atoms with Crippen LogP contribution < -0.4 is 34.9 Å². The third-order valence-electron chi connectivity index (χ3n) is 12.1. The van der Waals surface area contributed by atoms with E-state index in [4.69, 9.17) is 19.2 Å². The number of pyridine rings is 2. The van der Waals surface area contributed by atoms with Gasteiger partial charge in [-0.3, -0.25) is 19.1 Å². The maximum atomic E-state index is 15.0. The number of methoxy groups -OCH3 is 1. The van der Waals surface area contributed by atoms with Crippen molar-refractivity contribution in [3.63, 3.8) is 0 Å². The van der Waals surface area contributed by atoms with Crippen molar-refractivity contribution in [2.75, 3.05) is 13.7 Å². The SMILES string of the molecule is COc1ccc2c(OC3CC4C(=O)NC5(C(=O)NS(=O)(=O)C6CC6)CC5C=CCCC(C)CC(C)C(NC(=O)NC(C)(C)C)C(=O)N4C3)nc(-c3ccc(OC(C)C)nc3)cc2c1. The predicted octanol–water partition coefficient (Wildman–Crippen LogP) is 5.40. The number of nitrogens with zero attached hydrogens (tertiary/aromatic N) is 3. The maximum absolute atomic E-state index is 15.0. The number of fused-ring (bicyclic) bond motifs is 3. The van der Waals surface area contributed by atoms with Crippen LogP contribution in [0.1, 0.15) is 93.4 Å². The molecule has 7 rings (SSSR count). The van der Waals surface area contributed by atoms with E-state index in [0.717, 1.165) is 11.8 Å². The fraction of sp³-hybridized carbons (Fsp3) is 0.565. The Bertz CT molecular complexity index is 2360.